The van der Waals surface area contributed by atoms with Crippen molar-refractivity contribution in [2.75, 3.05) is 26.7 Å². The summed E-state index contributed by atoms with van der Waals surface area (Å²) in [5.74, 6) is -0.611. The van der Waals surface area contributed by atoms with Crippen molar-refractivity contribution in [1.29, 1.82) is 5.26 Å². The van der Waals surface area contributed by atoms with Gasteiger partial charge in [0.15, 0.2) is 0 Å². The van der Waals surface area contributed by atoms with Gasteiger partial charge >= 0.3 is 0 Å². The van der Waals surface area contributed by atoms with E-state index in [-0.39, 0.29) is 36.1 Å². The third-order valence-corrected chi connectivity index (χ3v) is 4.82. The topological polar surface area (TPSA) is 98.4 Å². The van der Waals surface area contributed by atoms with E-state index in [0.717, 1.165) is 0 Å². The highest BCUT2D eigenvalue weighted by atomic mass is 16.2. The number of hydrogen-bond donors (Lipinski definition) is 1. The van der Waals surface area contributed by atoms with Crippen molar-refractivity contribution in [3.63, 3.8) is 0 Å². The molecule has 0 aliphatic carbocycles. The largest absolute Gasteiger partial charge is 0.359 e. The van der Waals surface area contributed by atoms with Gasteiger partial charge in [0, 0.05) is 40.2 Å². The lowest BCUT2D eigenvalue weighted by Crippen LogP contribution is -2.61. The molecule has 0 saturated carbocycles. The molecule has 2 fully saturated rings. The third kappa shape index (κ3) is 2.52. The van der Waals surface area contributed by atoms with Crippen molar-refractivity contribution >= 4 is 17.7 Å². The Hall–Kier alpha value is -2.82. The fourth-order valence-corrected chi connectivity index (χ4v) is 3.28. The Balaban J connectivity index is 1.60. The monoisotopic (exact) mass is 329 g/mol. The number of likely N-dealkylation sites (tertiary alicyclic amines) is 2. The quantitative estimate of drug-likeness (QED) is 0.794. The summed E-state index contributed by atoms with van der Waals surface area (Å²) >= 11 is 0. The van der Waals surface area contributed by atoms with Gasteiger partial charge in [0.05, 0.1) is 12.0 Å². The van der Waals surface area contributed by atoms with Crippen molar-refractivity contribution in [2.45, 2.75) is 12.5 Å². The molecule has 126 valence electrons. The molecule has 1 aromatic rings. The number of nitrogens with one attached hydrogen (secondary N) is 1. The van der Waals surface area contributed by atoms with Crippen LogP contribution in [0.1, 0.15) is 22.6 Å². The molecule has 2 aliphatic rings. The van der Waals surface area contributed by atoms with Crippen LogP contribution in [0.15, 0.2) is 12.1 Å². The molecule has 3 rings (SSSR count). The summed E-state index contributed by atoms with van der Waals surface area (Å²) in [5.41, 5.74) is 0.888. The van der Waals surface area contributed by atoms with Crippen LogP contribution in [0.5, 0.6) is 0 Å². The third-order valence-electron chi connectivity index (χ3n) is 4.82. The van der Waals surface area contributed by atoms with E-state index < -0.39 is 0 Å². The lowest BCUT2D eigenvalue weighted by atomic mass is 10.1. The van der Waals surface area contributed by atoms with Crippen LogP contribution in [0, 0.1) is 17.2 Å². The molecule has 3 amide bonds. The van der Waals surface area contributed by atoms with Crippen LogP contribution < -0.4 is 5.32 Å². The van der Waals surface area contributed by atoms with Crippen molar-refractivity contribution < 1.29 is 14.4 Å². The van der Waals surface area contributed by atoms with Crippen LogP contribution in [0.3, 0.4) is 0 Å². The molecule has 8 heteroatoms. The molecule has 2 aliphatic heterocycles. The van der Waals surface area contributed by atoms with Gasteiger partial charge in [-0.15, -0.1) is 0 Å². The molecule has 2 saturated heterocycles. The van der Waals surface area contributed by atoms with Crippen LogP contribution >= 0.6 is 0 Å². The van der Waals surface area contributed by atoms with Crippen molar-refractivity contribution in [3.8, 4) is 6.07 Å². The molecule has 0 aromatic carbocycles. The predicted molar refractivity (Wildman–Crippen MR) is 83.7 cm³/mol. The van der Waals surface area contributed by atoms with Gasteiger partial charge in [0.25, 0.3) is 5.91 Å². The van der Waals surface area contributed by atoms with Crippen LogP contribution in [0.4, 0.5) is 0 Å². The zero-order valence-electron chi connectivity index (χ0n) is 13.7. The van der Waals surface area contributed by atoms with Gasteiger partial charge in [0.2, 0.25) is 11.8 Å². The fraction of sp³-hybridized carbons (Fsp3) is 0.500. The van der Waals surface area contributed by atoms with E-state index in [9.17, 15) is 14.4 Å². The molecular formula is C16H19N5O3. The van der Waals surface area contributed by atoms with Crippen LogP contribution in [0.25, 0.3) is 0 Å². The van der Waals surface area contributed by atoms with Gasteiger partial charge in [-0.1, -0.05) is 0 Å². The van der Waals surface area contributed by atoms with Gasteiger partial charge in [0.1, 0.15) is 17.5 Å². The number of carbonyl (C=O) groups is 3. The highest BCUT2D eigenvalue weighted by Crippen LogP contribution is 2.26. The van der Waals surface area contributed by atoms with E-state index in [0.29, 0.717) is 31.0 Å². The first kappa shape index (κ1) is 16.1. The summed E-state index contributed by atoms with van der Waals surface area (Å²) in [6.07, 6.45) is 0.230. The van der Waals surface area contributed by atoms with E-state index in [2.05, 4.69) is 5.32 Å². The molecule has 0 radical (unpaired) electrons. The minimum atomic E-state index is -0.307. The maximum absolute atomic E-state index is 12.5. The standard InChI is InChI=1S/C16H19N5O3/c1-18-15(23)10-5-14(22)21(7-10)12-8-20(9-12)16(24)13-4-3-11(6-17)19(13)2/h3-4,10,12H,5,7-9H2,1-2H3,(H,18,23). The summed E-state index contributed by atoms with van der Waals surface area (Å²) in [6.45, 7) is 1.32. The number of hydrogen-bond acceptors (Lipinski definition) is 4. The maximum atomic E-state index is 12.5. The van der Waals surface area contributed by atoms with Gasteiger partial charge < -0.3 is 19.7 Å². The summed E-state index contributed by atoms with van der Waals surface area (Å²) < 4.78 is 1.57. The van der Waals surface area contributed by atoms with Gasteiger partial charge in [-0.05, 0) is 12.1 Å². The summed E-state index contributed by atoms with van der Waals surface area (Å²) in [6, 6.07) is 5.24. The van der Waals surface area contributed by atoms with E-state index in [4.69, 9.17) is 5.26 Å². The second-order valence-electron chi connectivity index (χ2n) is 6.20. The van der Waals surface area contributed by atoms with Gasteiger partial charge in [-0.25, -0.2) is 0 Å². The second-order valence-corrected chi connectivity index (χ2v) is 6.20. The molecule has 3 heterocycles. The highest BCUT2D eigenvalue weighted by Gasteiger charge is 2.43. The summed E-state index contributed by atoms with van der Waals surface area (Å²) in [7, 11) is 3.25. The maximum Gasteiger partial charge on any atom is 0.270 e. The van der Waals surface area contributed by atoms with Gasteiger partial charge in [-0.3, -0.25) is 14.4 Å². The molecule has 0 spiro atoms. The average Bonchev–Trinajstić information content (AvgIpc) is 3.08. The number of aromatic nitrogens is 1. The first-order chi connectivity index (χ1) is 11.5. The summed E-state index contributed by atoms with van der Waals surface area (Å²) in [5, 5.41) is 11.5. The highest BCUT2D eigenvalue weighted by molar-refractivity contribution is 5.94. The molecule has 8 nitrogen and oxygen atoms in total. The fourth-order valence-electron chi connectivity index (χ4n) is 3.28. The normalized spacial score (nSPS) is 20.7. The Morgan fingerprint density at radius 3 is 2.58 bits per heavy atom. The first-order valence-corrected chi connectivity index (χ1v) is 7.82. The second kappa shape index (κ2) is 6.00. The van der Waals surface area contributed by atoms with Crippen LogP contribution in [0.2, 0.25) is 0 Å². The molecule has 1 aromatic heterocycles. The zero-order chi connectivity index (χ0) is 17.4. The molecule has 24 heavy (non-hydrogen) atoms. The smallest absolute Gasteiger partial charge is 0.270 e. The number of carbonyl (C=O) groups excluding carboxylic acids is 3. The minimum Gasteiger partial charge on any atom is -0.359 e. The van der Waals surface area contributed by atoms with E-state index in [1.807, 2.05) is 6.07 Å². The van der Waals surface area contributed by atoms with Crippen LogP contribution in [-0.4, -0.2) is 64.8 Å². The van der Waals surface area contributed by atoms with Gasteiger partial charge in [-0.2, -0.15) is 5.26 Å². The Morgan fingerprint density at radius 2 is 2.00 bits per heavy atom. The lowest BCUT2D eigenvalue weighted by molar-refractivity contribution is -0.132. The molecule has 1 N–H and O–H groups in total. The number of nitriles is 1. The van der Waals surface area contributed by atoms with Crippen molar-refractivity contribution in [1.82, 2.24) is 19.7 Å². The van der Waals surface area contributed by atoms with Crippen molar-refractivity contribution in [2.24, 2.45) is 13.0 Å². The van der Waals surface area contributed by atoms with Crippen molar-refractivity contribution in [3.05, 3.63) is 23.5 Å². The van der Waals surface area contributed by atoms with E-state index in [1.165, 1.54) is 0 Å². The average molecular weight is 329 g/mol. The number of nitrogens with zero attached hydrogens (tertiary/aromatic N) is 4. The zero-order valence-corrected chi connectivity index (χ0v) is 13.7. The molecule has 1 unspecified atom stereocenters. The minimum absolute atomic E-state index is 0.0354. The Labute approximate surface area is 139 Å². The Bertz CT molecular complexity index is 741. The molecular weight excluding hydrogens is 310 g/mol. The lowest BCUT2D eigenvalue weighted by Gasteiger charge is -2.44. The summed E-state index contributed by atoms with van der Waals surface area (Å²) in [4.78, 5) is 39.6. The number of amides is 3. The Kier molecular flexibility index (Phi) is 4.01. The van der Waals surface area contributed by atoms with E-state index in [1.54, 1.807) is 40.6 Å². The molecule has 0 bridgehead atoms. The Morgan fingerprint density at radius 1 is 1.29 bits per heavy atom. The molecule has 1 atom stereocenters. The SMILES string of the molecule is CNC(=O)C1CC(=O)N(C2CN(C(=O)c3ccc(C#N)n3C)C2)C1. The number of rotatable bonds is 3. The first-order valence-electron chi connectivity index (χ1n) is 7.82. The van der Waals surface area contributed by atoms with Crippen LogP contribution in [-0.2, 0) is 16.6 Å². The van der Waals surface area contributed by atoms with E-state index >= 15 is 0 Å². The predicted octanol–water partition coefficient (Wildman–Crippen LogP) is -0.684.